The van der Waals surface area contributed by atoms with Gasteiger partial charge in [-0.15, -0.1) is 0 Å². The van der Waals surface area contributed by atoms with E-state index in [1.165, 1.54) is 6.42 Å². The van der Waals surface area contributed by atoms with Crippen LogP contribution in [-0.4, -0.2) is 37.6 Å². The Kier molecular flexibility index (Phi) is 5.26. The van der Waals surface area contributed by atoms with E-state index in [2.05, 4.69) is 6.92 Å². The fraction of sp³-hybridized carbons (Fsp3) is 0.471. The van der Waals surface area contributed by atoms with Crippen molar-refractivity contribution >= 4 is 12.0 Å². The molecule has 1 aliphatic heterocycles. The highest BCUT2D eigenvalue weighted by atomic mass is 16.5. The van der Waals surface area contributed by atoms with Crippen molar-refractivity contribution in [1.82, 2.24) is 4.90 Å². The number of hydrogen-bond donors (Lipinski definition) is 0. The zero-order valence-electron chi connectivity index (χ0n) is 13.0. The maximum atomic E-state index is 12.2. The molecule has 1 aliphatic rings. The Bertz CT molecular complexity index is 525. The summed E-state index contributed by atoms with van der Waals surface area (Å²) in [5.41, 5.74) is 0.922. The Labute approximate surface area is 126 Å². The molecule has 1 saturated heterocycles. The third kappa shape index (κ3) is 3.78. The van der Waals surface area contributed by atoms with Gasteiger partial charge in [-0.1, -0.05) is 6.07 Å². The molecule has 0 aromatic heterocycles. The highest BCUT2D eigenvalue weighted by molar-refractivity contribution is 5.92. The highest BCUT2D eigenvalue weighted by Crippen LogP contribution is 2.28. The summed E-state index contributed by atoms with van der Waals surface area (Å²) in [6, 6.07) is 5.95. The first-order valence-corrected chi connectivity index (χ1v) is 7.36. The monoisotopic (exact) mass is 289 g/mol. The molecule has 1 aromatic carbocycles. The van der Waals surface area contributed by atoms with Crippen molar-refractivity contribution in [1.29, 1.82) is 0 Å². The van der Waals surface area contributed by atoms with Crippen molar-refractivity contribution in [3.8, 4) is 11.5 Å². The van der Waals surface area contributed by atoms with E-state index in [0.717, 1.165) is 24.9 Å². The minimum absolute atomic E-state index is 0.0805. The van der Waals surface area contributed by atoms with Gasteiger partial charge in [-0.3, -0.25) is 4.79 Å². The van der Waals surface area contributed by atoms with E-state index in [9.17, 15) is 4.79 Å². The van der Waals surface area contributed by atoms with Crippen LogP contribution < -0.4 is 9.47 Å². The first kappa shape index (κ1) is 15.4. The van der Waals surface area contributed by atoms with E-state index in [1.807, 2.05) is 29.2 Å². The van der Waals surface area contributed by atoms with Crippen LogP contribution in [0.15, 0.2) is 24.3 Å². The summed E-state index contributed by atoms with van der Waals surface area (Å²) < 4.78 is 10.5. The Morgan fingerprint density at radius 2 is 2.00 bits per heavy atom. The summed E-state index contributed by atoms with van der Waals surface area (Å²) in [7, 11) is 3.21. The number of amides is 1. The molecule has 1 amide bonds. The number of carbonyl (C=O) groups is 1. The van der Waals surface area contributed by atoms with Crippen molar-refractivity contribution in [3.63, 3.8) is 0 Å². The minimum Gasteiger partial charge on any atom is -0.493 e. The predicted molar refractivity (Wildman–Crippen MR) is 83.6 cm³/mol. The second kappa shape index (κ2) is 7.16. The average molecular weight is 289 g/mol. The fourth-order valence-corrected chi connectivity index (χ4v) is 2.65. The van der Waals surface area contributed by atoms with Crippen LogP contribution in [0.2, 0.25) is 0 Å². The van der Waals surface area contributed by atoms with E-state index < -0.39 is 0 Å². The average Bonchev–Trinajstić information content (AvgIpc) is 2.52. The van der Waals surface area contributed by atoms with Crippen molar-refractivity contribution < 1.29 is 14.3 Å². The smallest absolute Gasteiger partial charge is 0.246 e. The summed E-state index contributed by atoms with van der Waals surface area (Å²) in [6.07, 6.45) is 6.87. The molecule has 1 atom stereocenters. The quantitative estimate of drug-likeness (QED) is 0.799. The summed E-state index contributed by atoms with van der Waals surface area (Å²) in [4.78, 5) is 14.2. The standard InChI is InChI=1S/C17H23NO3/c1-13-6-4-5-11-18(13)17(19)10-8-14-7-9-15(20-2)16(12-14)21-3/h7-10,12-13H,4-6,11H2,1-3H3/b10-8+/t13-/m1/s1. The zero-order chi connectivity index (χ0) is 15.2. The minimum atomic E-state index is 0.0805. The van der Waals surface area contributed by atoms with Crippen LogP contribution in [0.5, 0.6) is 11.5 Å². The van der Waals surface area contributed by atoms with Gasteiger partial charge in [0.15, 0.2) is 11.5 Å². The van der Waals surface area contributed by atoms with Gasteiger partial charge >= 0.3 is 0 Å². The molecule has 0 N–H and O–H groups in total. The molecule has 21 heavy (non-hydrogen) atoms. The van der Waals surface area contributed by atoms with Crippen molar-refractivity contribution in [2.24, 2.45) is 0 Å². The predicted octanol–water partition coefficient (Wildman–Crippen LogP) is 3.12. The number of methoxy groups -OCH3 is 2. The van der Waals surface area contributed by atoms with Gasteiger partial charge in [0.2, 0.25) is 5.91 Å². The summed E-state index contributed by atoms with van der Waals surface area (Å²) >= 11 is 0. The molecule has 0 aliphatic carbocycles. The number of piperidine rings is 1. The van der Waals surface area contributed by atoms with Gasteiger partial charge < -0.3 is 14.4 Å². The lowest BCUT2D eigenvalue weighted by Gasteiger charge is -2.32. The number of carbonyl (C=O) groups excluding carboxylic acids is 1. The van der Waals surface area contributed by atoms with Crippen LogP contribution in [0.25, 0.3) is 6.08 Å². The first-order chi connectivity index (χ1) is 10.2. The van der Waals surface area contributed by atoms with Crippen molar-refractivity contribution in [2.75, 3.05) is 20.8 Å². The first-order valence-electron chi connectivity index (χ1n) is 7.36. The molecule has 114 valence electrons. The van der Waals surface area contributed by atoms with Crippen molar-refractivity contribution in [2.45, 2.75) is 32.2 Å². The highest BCUT2D eigenvalue weighted by Gasteiger charge is 2.21. The SMILES string of the molecule is COc1ccc(/C=C/C(=O)N2CCCC[C@H]2C)cc1OC. The molecule has 1 fully saturated rings. The molecular weight excluding hydrogens is 266 g/mol. The van der Waals surface area contributed by atoms with Gasteiger partial charge in [-0.2, -0.15) is 0 Å². The Morgan fingerprint density at radius 1 is 1.24 bits per heavy atom. The lowest BCUT2D eigenvalue weighted by Crippen LogP contribution is -2.41. The molecule has 4 nitrogen and oxygen atoms in total. The van der Waals surface area contributed by atoms with Crippen LogP contribution in [0.3, 0.4) is 0 Å². The van der Waals surface area contributed by atoms with E-state index in [4.69, 9.17) is 9.47 Å². The summed E-state index contributed by atoms with van der Waals surface area (Å²) in [6.45, 7) is 2.97. The Morgan fingerprint density at radius 3 is 2.67 bits per heavy atom. The normalized spacial score (nSPS) is 18.8. The van der Waals surface area contributed by atoms with Gasteiger partial charge in [0.05, 0.1) is 14.2 Å². The molecule has 2 rings (SSSR count). The Balaban J connectivity index is 2.08. The molecule has 1 heterocycles. The molecule has 0 unspecified atom stereocenters. The summed E-state index contributed by atoms with van der Waals surface area (Å²) in [5, 5.41) is 0. The molecule has 4 heteroatoms. The second-order valence-corrected chi connectivity index (χ2v) is 5.32. The zero-order valence-corrected chi connectivity index (χ0v) is 13.0. The number of benzene rings is 1. The summed E-state index contributed by atoms with van der Waals surface area (Å²) in [5.74, 6) is 1.43. The molecule has 0 saturated carbocycles. The molecular formula is C17H23NO3. The maximum absolute atomic E-state index is 12.2. The number of ether oxygens (including phenoxy) is 2. The van der Waals surface area contributed by atoms with Gasteiger partial charge in [-0.05, 0) is 50.0 Å². The Hall–Kier alpha value is -1.97. The number of rotatable bonds is 4. The lowest BCUT2D eigenvalue weighted by molar-refractivity contribution is -0.129. The van der Waals surface area contributed by atoms with Gasteiger partial charge in [0.25, 0.3) is 0 Å². The van der Waals surface area contributed by atoms with Crippen molar-refractivity contribution in [3.05, 3.63) is 29.8 Å². The van der Waals surface area contributed by atoms with E-state index in [-0.39, 0.29) is 5.91 Å². The van der Waals surface area contributed by atoms with E-state index in [1.54, 1.807) is 20.3 Å². The molecule has 0 spiro atoms. The largest absolute Gasteiger partial charge is 0.493 e. The second-order valence-electron chi connectivity index (χ2n) is 5.32. The van der Waals surface area contributed by atoms with E-state index >= 15 is 0 Å². The third-order valence-corrected chi connectivity index (χ3v) is 3.91. The van der Waals surface area contributed by atoms with E-state index in [0.29, 0.717) is 17.5 Å². The van der Waals surface area contributed by atoms with Gasteiger partial charge in [0.1, 0.15) is 0 Å². The number of nitrogens with zero attached hydrogens (tertiary/aromatic N) is 1. The lowest BCUT2D eigenvalue weighted by atomic mass is 10.0. The number of likely N-dealkylation sites (tertiary alicyclic amines) is 1. The molecule has 0 radical (unpaired) electrons. The maximum Gasteiger partial charge on any atom is 0.246 e. The third-order valence-electron chi connectivity index (χ3n) is 3.91. The van der Waals surface area contributed by atoms with Gasteiger partial charge in [0, 0.05) is 18.7 Å². The molecule has 0 bridgehead atoms. The number of hydrogen-bond acceptors (Lipinski definition) is 3. The fourth-order valence-electron chi connectivity index (χ4n) is 2.65. The topological polar surface area (TPSA) is 38.8 Å². The molecule has 1 aromatic rings. The van der Waals surface area contributed by atoms with Crippen LogP contribution in [0.4, 0.5) is 0 Å². The van der Waals surface area contributed by atoms with Crippen LogP contribution in [0.1, 0.15) is 31.7 Å². The van der Waals surface area contributed by atoms with Crippen LogP contribution in [0, 0.1) is 0 Å². The van der Waals surface area contributed by atoms with Gasteiger partial charge in [-0.25, -0.2) is 0 Å². The van der Waals surface area contributed by atoms with Crippen LogP contribution in [-0.2, 0) is 4.79 Å². The van der Waals surface area contributed by atoms with Crippen LogP contribution >= 0.6 is 0 Å².